The van der Waals surface area contributed by atoms with Crippen molar-refractivity contribution in [2.75, 3.05) is 25.2 Å². The molecule has 0 bridgehead atoms. The van der Waals surface area contributed by atoms with Crippen molar-refractivity contribution in [2.24, 2.45) is 0 Å². The molecule has 138 valence electrons. The number of benzene rings is 1. The number of nitrogens with zero attached hydrogens (tertiary/aromatic N) is 3. The van der Waals surface area contributed by atoms with Crippen molar-refractivity contribution in [3.63, 3.8) is 0 Å². The van der Waals surface area contributed by atoms with Gasteiger partial charge in [-0.2, -0.15) is 4.98 Å². The summed E-state index contributed by atoms with van der Waals surface area (Å²) in [5.74, 6) is 1.86. The van der Waals surface area contributed by atoms with Crippen molar-refractivity contribution in [1.82, 2.24) is 15.0 Å². The van der Waals surface area contributed by atoms with E-state index in [0.29, 0.717) is 31.4 Å². The van der Waals surface area contributed by atoms with Crippen molar-refractivity contribution >= 4 is 9.84 Å². The molecule has 0 aliphatic carbocycles. The van der Waals surface area contributed by atoms with Gasteiger partial charge in [-0.25, -0.2) is 8.42 Å². The first-order chi connectivity index (χ1) is 11.8. The van der Waals surface area contributed by atoms with Crippen LogP contribution in [0.3, 0.4) is 0 Å². The Morgan fingerprint density at radius 3 is 2.48 bits per heavy atom. The highest BCUT2D eigenvalue weighted by Crippen LogP contribution is 2.20. The zero-order valence-electron chi connectivity index (χ0n) is 15.1. The van der Waals surface area contributed by atoms with Gasteiger partial charge in [0.1, 0.15) is 15.6 Å². The number of aromatic nitrogens is 2. The molecule has 0 radical (unpaired) electrons. The summed E-state index contributed by atoms with van der Waals surface area (Å²) >= 11 is 0. The standard InChI is InChI=1S/C17H25N3O4S/c1-5-20(13(3)12-25(4,21)22)11-16-18-17(19-24-16)14-7-9-15(10-8-14)23-6-2/h7-10,13H,5-6,11-12H2,1-4H3. The summed E-state index contributed by atoms with van der Waals surface area (Å²) in [6.07, 6.45) is 1.24. The molecule has 1 heterocycles. The minimum Gasteiger partial charge on any atom is -0.494 e. The Morgan fingerprint density at radius 1 is 1.24 bits per heavy atom. The van der Waals surface area contributed by atoms with E-state index < -0.39 is 9.84 Å². The van der Waals surface area contributed by atoms with E-state index in [1.165, 1.54) is 6.26 Å². The van der Waals surface area contributed by atoms with Crippen molar-refractivity contribution in [3.8, 4) is 17.1 Å². The van der Waals surface area contributed by atoms with Crippen LogP contribution in [0.5, 0.6) is 5.75 Å². The van der Waals surface area contributed by atoms with Crippen LogP contribution in [0.15, 0.2) is 28.8 Å². The van der Waals surface area contributed by atoms with Crippen LogP contribution in [-0.4, -0.2) is 54.7 Å². The summed E-state index contributed by atoms with van der Waals surface area (Å²) in [5, 5.41) is 4.01. The van der Waals surface area contributed by atoms with Gasteiger partial charge in [-0.05, 0) is 44.7 Å². The largest absolute Gasteiger partial charge is 0.494 e. The Hall–Kier alpha value is -1.93. The molecule has 0 fully saturated rings. The summed E-state index contributed by atoms with van der Waals surface area (Å²) in [5.41, 5.74) is 0.839. The fourth-order valence-corrected chi connectivity index (χ4v) is 3.69. The Balaban J connectivity index is 2.06. The normalized spacial score (nSPS) is 13.2. The number of hydrogen-bond acceptors (Lipinski definition) is 7. The number of ether oxygens (including phenoxy) is 1. The molecule has 1 atom stereocenters. The van der Waals surface area contributed by atoms with Gasteiger partial charge in [0.2, 0.25) is 11.7 Å². The maximum Gasteiger partial charge on any atom is 0.241 e. The molecule has 0 aliphatic rings. The zero-order chi connectivity index (χ0) is 18.4. The third-order valence-corrected chi connectivity index (χ3v) is 4.89. The first-order valence-electron chi connectivity index (χ1n) is 8.30. The second kappa shape index (κ2) is 8.44. The Bertz CT molecular complexity index is 771. The molecule has 25 heavy (non-hydrogen) atoms. The molecule has 8 heteroatoms. The SMILES string of the molecule is CCOc1ccc(-c2noc(CN(CC)C(C)CS(C)(=O)=O)n2)cc1. The van der Waals surface area contributed by atoms with E-state index in [9.17, 15) is 8.42 Å². The monoisotopic (exact) mass is 367 g/mol. The van der Waals surface area contributed by atoms with Gasteiger partial charge in [0.05, 0.1) is 18.9 Å². The molecule has 2 aromatic rings. The van der Waals surface area contributed by atoms with Gasteiger partial charge in [0.15, 0.2) is 0 Å². The van der Waals surface area contributed by atoms with Gasteiger partial charge in [0.25, 0.3) is 0 Å². The molecule has 0 N–H and O–H groups in total. The maximum atomic E-state index is 11.5. The molecule has 0 spiro atoms. The average Bonchev–Trinajstić information content (AvgIpc) is 3.00. The van der Waals surface area contributed by atoms with Crippen molar-refractivity contribution < 1.29 is 17.7 Å². The van der Waals surface area contributed by atoms with Crippen LogP contribution < -0.4 is 4.74 Å². The predicted octanol–water partition coefficient (Wildman–Crippen LogP) is 2.39. The fourth-order valence-electron chi connectivity index (χ4n) is 2.60. The lowest BCUT2D eigenvalue weighted by atomic mass is 10.2. The first kappa shape index (κ1) is 19.4. The van der Waals surface area contributed by atoms with Gasteiger partial charge in [-0.1, -0.05) is 12.1 Å². The van der Waals surface area contributed by atoms with E-state index in [0.717, 1.165) is 11.3 Å². The Kier molecular flexibility index (Phi) is 6.55. The van der Waals surface area contributed by atoms with Crippen LogP contribution in [-0.2, 0) is 16.4 Å². The van der Waals surface area contributed by atoms with Crippen molar-refractivity contribution in [2.45, 2.75) is 33.4 Å². The van der Waals surface area contributed by atoms with Crippen LogP contribution in [0, 0.1) is 0 Å². The molecule has 2 rings (SSSR count). The molecule has 1 aromatic heterocycles. The van der Waals surface area contributed by atoms with E-state index in [-0.39, 0.29) is 11.8 Å². The van der Waals surface area contributed by atoms with Crippen LogP contribution in [0.25, 0.3) is 11.4 Å². The predicted molar refractivity (Wildman–Crippen MR) is 96.2 cm³/mol. The lowest BCUT2D eigenvalue weighted by Crippen LogP contribution is -2.37. The van der Waals surface area contributed by atoms with Gasteiger partial charge >= 0.3 is 0 Å². The first-order valence-corrected chi connectivity index (χ1v) is 10.4. The topological polar surface area (TPSA) is 85.5 Å². The Labute approximate surface area is 148 Å². The molecule has 0 saturated heterocycles. The molecular formula is C17H25N3O4S. The second-order valence-corrected chi connectivity index (χ2v) is 8.16. The number of hydrogen-bond donors (Lipinski definition) is 0. The Morgan fingerprint density at radius 2 is 1.92 bits per heavy atom. The third-order valence-electron chi connectivity index (χ3n) is 3.80. The van der Waals surface area contributed by atoms with E-state index in [1.807, 2.05) is 49.9 Å². The van der Waals surface area contributed by atoms with E-state index in [1.54, 1.807) is 0 Å². The van der Waals surface area contributed by atoms with Crippen molar-refractivity contribution in [3.05, 3.63) is 30.2 Å². The minimum atomic E-state index is -3.04. The molecular weight excluding hydrogens is 342 g/mol. The quantitative estimate of drug-likeness (QED) is 0.672. The van der Waals surface area contributed by atoms with Gasteiger partial charge < -0.3 is 9.26 Å². The van der Waals surface area contributed by atoms with E-state index in [2.05, 4.69) is 10.1 Å². The van der Waals surface area contributed by atoms with Crippen LogP contribution in [0.1, 0.15) is 26.7 Å². The summed E-state index contributed by atoms with van der Waals surface area (Å²) in [6.45, 7) is 7.51. The molecule has 7 nitrogen and oxygen atoms in total. The fraction of sp³-hybridized carbons (Fsp3) is 0.529. The van der Waals surface area contributed by atoms with E-state index >= 15 is 0 Å². The molecule has 1 aromatic carbocycles. The highest BCUT2D eigenvalue weighted by molar-refractivity contribution is 7.90. The molecule has 0 saturated carbocycles. The lowest BCUT2D eigenvalue weighted by Gasteiger charge is -2.25. The van der Waals surface area contributed by atoms with Gasteiger partial charge in [-0.3, -0.25) is 4.90 Å². The second-order valence-electron chi connectivity index (χ2n) is 5.97. The highest BCUT2D eigenvalue weighted by atomic mass is 32.2. The molecule has 0 amide bonds. The van der Waals surface area contributed by atoms with E-state index in [4.69, 9.17) is 9.26 Å². The number of sulfone groups is 1. The maximum absolute atomic E-state index is 11.5. The van der Waals surface area contributed by atoms with Crippen LogP contribution >= 0.6 is 0 Å². The summed E-state index contributed by atoms with van der Waals surface area (Å²) in [7, 11) is -3.04. The summed E-state index contributed by atoms with van der Waals surface area (Å²) in [6, 6.07) is 7.36. The highest BCUT2D eigenvalue weighted by Gasteiger charge is 2.20. The van der Waals surface area contributed by atoms with Gasteiger partial charge in [-0.15, -0.1) is 0 Å². The summed E-state index contributed by atoms with van der Waals surface area (Å²) in [4.78, 5) is 6.41. The van der Waals surface area contributed by atoms with Gasteiger partial charge in [0, 0.05) is 17.9 Å². The smallest absolute Gasteiger partial charge is 0.241 e. The lowest BCUT2D eigenvalue weighted by molar-refractivity contribution is 0.196. The third kappa shape index (κ3) is 5.82. The van der Waals surface area contributed by atoms with Crippen LogP contribution in [0.2, 0.25) is 0 Å². The molecule has 1 unspecified atom stereocenters. The minimum absolute atomic E-state index is 0.0979. The summed E-state index contributed by atoms with van der Waals surface area (Å²) < 4.78 is 33.7. The average molecular weight is 367 g/mol. The molecule has 0 aliphatic heterocycles. The van der Waals surface area contributed by atoms with Crippen LogP contribution in [0.4, 0.5) is 0 Å². The number of rotatable bonds is 9. The van der Waals surface area contributed by atoms with Crippen molar-refractivity contribution in [1.29, 1.82) is 0 Å². The zero-order valence-corrected chi connectivity index (χ0v) is 15.9.